The third kappa shape index (κ3) is 3.80. The Bertz CT molecular complexity index is 636. The minimum Gasteiger partial charge on any atom is -0.339 e. The Balaban J connectivity index is 1.50. The summed E-state index contributed by atoms with van der Waals surface area (Å²) in [5.74, 6) is 1.88. The van der Waals surface area contributed by atoms with E-state index in [1.807, 2.05) is 18.7 Å². The first-order valence-electron chi connectivity index (χ1n) is 8.29. The lowest BCUT2D eigenvalue weighted by molar-refractivity contribution is -0.132. The molecule has 0 aliphatic carbocycles. The summed E-state index contributed by atoms with van der Waals surface area (Å²) in [7, 11) is 0. The number of carbonyl (C=O) groups excluding carboxylic acids is 1. The van der Waals surface area contributed by atoms with E-state index in [0.717, 1.165) is 31.6 Å². The molecule has 1 aliphatic heterocycles. The third-order valence-electron chi connectivity index (χ3n) is 4.28. The molecule has 6 heteroatoms. The summed E-state index contributed by atoms with van der Waals surface area (Å²) in [6.45, 7) is 4.95. The molecule has 0 saturated carbocycles. The molecule has 2 aromatic heterocycles. The molecular formula is C17H23N3O2S. The van der Waals surface area contributed by atoms with Gasteiger partial charge in [0.05, 0.1) is 6.04 Å². The van der Waals surface area contributed by atoms with Crippen molar-refractivity contribution in [2.75, 3.05) is 6.54 Å². The van der Waals surface area contributed by atoms with E-state index in [-0.39, 0.29) is 17.9 Å². The maximum Gasteiger partial charge on any atom is 0.226 e. The Labute approximate surface area is 140 Å². The van der Waals surface area contributed by atoms with Crippen molar-refractivity contribution in [2.24, 2.45) is 0 Å². The summed E-state index contributed by atoms with van der Waals surface area (Å²) in [6, 6.07) is 2.40. The van der Waals surface area contributed by atoms with E-state index in [9.17, 15) is 4.79 Å². The van der Waals surface area contributed by atoms with Gasteiger partial charge in [-0.05, 0) is 41.7 Å². The van der Waals surface area contributed by atoms with Crippen molar-refractivity contribution in [3.8, 4) is 0 Å². The highest BCUT2D eigenvalue weighted by molar-refractivity contribution is 7.07. The van der Waals surface area contributed by atoms with Crippen LogP contribution in [0.25, 0.3) is 0 Å². The molecule has 0 bridgehead atoms. The second kappa shape index (κ2) is 7.25. The van der Waals surface area contributed by atoms with Crippen LogP contribution in [0.1, 0.15) is 68.8 Å². The van der Waals surface area contributed by atoms with Gasteiger partial charge in [0.1, 0.15) is 0 Å². The maximum absolute atomic E-state index is 12.5. The van der Waals surface area contributed by atoms with E-state index in [1.54, 1.807) is 11.3 Å². The summed E-state index contributed by atoms with van der Waals surface area (Å²) in [5.41, 5.74) is 1.28. The van der Waals surface area contributed by atoms with Gasteiger partial charge in [0, 0.05) is 25.3 Å². The number of amides is 1. The average Bonchev–Trinajstić information content (AvgIpc) is 3.27. The van der Waals surface area contributed by atoms with Crippen molar-refractivity contribution < 1.29 is 9.32 Å². The summed E-state index contributed by atoms with van der Waals surface area (Å²) < 4.78 is 5.23. The Morgan fingerprint density at radius 2 is 2.39 bits per heavy atom. The van der Waals surface area contributed by atoms with Crippen molar-refractivity contribution in [1.82, 2.24) is 15.0 Å². The number of carbonyl (C=O) groups is 1. The van der Waals surface area contributed by atoms with Crippen LogP contribution in [-0.4, -0.2) is 27.5 Å². The molecule has 1 aliphatic rings. The van der Waals surface area contributed by atoms with E-state index < -0.39 is 0 Å². The summed E-state index contributed by atoms with van der Waals surface area (Å²) >= 11 is 1.69. The van der Waals surface area contributed by atoms with Crippen LogP contribution in [0.5, 0.6) is 0 Å². The zero-order chi connectivity index (χ0) is 16.2. The number of aryl methyl sites for hydroxylation is 1. The molecule has 5 nitrogen and oxygen atoms in total. The topological polar surface area (TPSA) is 59.2 Å². The molecular weight excluding hydrogens is 310 g/mol. The number of aromatic nitrogens is 2. The molecule has 23 heavy (non-hydrogen) atoms. The minimum atomic E-state index is 0.238. The highest BCUT2D eigenvalue weighted by Gasteiger charge is 2.29. The first-order chi connectivity index (χ1) is 11.1. The summed E-state index contributed by atoms with van der Waals surface area (Å²) in [5, 5.41) is 8.19. The fraction of sp³-hybridized carbons (Fsp3) is 0.588. The molecule has 1 amide bonds. The van der Waals surface area contributed by atoms with E-state index in [4.69, 9.17) is 4.52 Å². The molecule has 0 radical (unpaired) electrons. The molecule has 0 aromatic carbocycles. The molecule has 2 aromatic rings. The normalized spacial score (nSPS) is 18.0. The Kier molecular flexibility index (Phi) is 5.10. The second-order valence-electron chi connectivity index (χ2n) is 6.36. The highest BCUT2D eigenvalue weighted by Crippen LogP contribution is 2.33. The summed E-state index contributed by atoms with van der Waals surface area (Å²) in [6.07, 6.45) is 4.13. The largest absolute Gasteiger partial charge is 0.339 e. The number of rotatable bonds is 6. The smallest absolute Gasteiger partial charge is 0.226 e. The van der Waals surface area contributed by atoms with Crippen LogP contribution in [0.3, 0.4) is 0 Å². The van der Waals surface area contributed by atoms with Crippen LogP contribution in [-0.2, 0) is 11.2 Å². The monoisotopic (exact) mass is 333 g/mol. The number of nitrogens with zero attached hydrogens (tertiary/aromatic N) is 3. The van der Waals surface area contributed by atoms with E-state index in [2.05, 4.69) is 27.0 Å². The van der Waals surface area contributed by atoms with E-state index >= 15 is 0 Å². The second-order valence-corrected chi connectivity index (χ2v) is 7.14. The Morgan fingerprint density at radius 1 is 1.52 bits per heavy atom. The Hall–Kier alpha value is -1.69. The van der Waals surface area contributed by atoms with Crippen molar-refractivity contribution in [2.45, 2.75) is 57.9 Å². The van der Waals surface area contributed by atoms with Crippen LogP contribution in [0, 0.1) is 0 Å². The van der Waals surface area contributed by atoms with Crippen LogP contribution < -0.4 is 0 Å². The van der Waals surface area contributed by atoms with E-state index in [1.165, 1.54) is 5.56 Å². The average molecular weight is 333 g/mol. The number of likely N-dealkylation sites (tertiary alicyclic amines) is 1. The quantitative estimate of drug-likeness (QED) is 0.803. The van der Waals surface area contributed by atoms with Crippen LogP contribution in [0.2, 0.25) is 0 Å². The van der Waals surface area contributed by atoms with Gasteiger partial charge in [-0.2, -0.15) is 16.3 Å². The van der Waals surface area contributed by atoms with Gasteiger partial charge < -0.3 is 9.42 Å². The van der Waals surface area contributed by atoms with Crippen molar-refractivity contribution in [3.63, 3.8) is 0 Å². The van der Waals surface area contributed by atoms with Gasteiger partial charge in [-0.15, -0.1) is 0 Å². The lowest BCUT2D eigenvalue weighted by atomic mass is 10.1. The minimum absolute atomic E-state index is 0.238. The fourth-order valence-electron chi connectivity index (χ4n) is 3.01. The van der Waals surface area contributed by atoms with Gasteiger partial charge in [0.25, 0.3) is 0 Å². The highest BCUT2D eigenvalue weighted by atomic mass is 32.1. The lowest BCUT2D eigenvalue weighted by Crippen LogP contribution is -2.30. The zero-order valence-corrected chi connectivity index (χ0v) is 14.5. The van der Waals surface area contributed by atoms with E-state index in [0.29, 0.717) is 18.7 Å². The molecule has 1 fully saturated rings. The number of thiophene rings is 1. The molecule has 0 spiro atoms. The lowest BCUT2D eigenvalue weighted by Gasteiger charge is -2.24. The molecule has 3 rings (SSSR count). The standard InChI is InChI=1S/C17H23N3O2S/c1-12(2)17-18-15(22-19-17)6-3-7-16(21)20-9-4-5-14(20)13-8-10-23-11-13/h8,10-12,14H,3-7,9H2,1-2H3/t14-/m0/s1. The van der Waals surface area contributed by atoms with Gasteiger partial charge in [-0.3, -0.25) is 4.79 Å². The first-order valence-corrected chi connectivity index (χ1v) is 9.23. The van der Waals surface area contributed by atoms with Crippen molar-refractivity contribution in [1.29, 1.82) is 0 Å². The van der Waals surface area contributed by atoms with Gasteiger partial charge in [-0.25, -0.2) is 0 Å². The van der Waals surface area contributed by atoms with Crippen LogP contribution in [0.4, 0.5) is 0 Å². The molecule has 3 heterocycles. The number of hydrogen-bond acceptors (Lipinski definition) is 5. The van der Waals surface area contributed by atoms with Gasteiger partial charge in [-0.1, -0.05) is 19.0 Å². The molecule has 1 saturated heterocycles. The van der Waals surface area contributed by atoms with Crippen molar-refractivity contribution in [3.05, 3.63) is 34.1 Å². The maximum atomic E-state index is 12.5. The van der Waals surface area contributed by atoms with Crippen molar-refractivity contribution >= 4 is 17.2 Å². The Morgan fingerprint density at radius 3 is 3.09 bits per heavy atom. The third-order valence-corrected chi connectivity index (χ3v) is 4.98. The molecule has 124 valence electrons. The van der Waals surface area contributed by atoms with Gasteiger partial charge in [0.2, 0.25) is 11.8 Å². The predicted octanol–water partition coefficient (Wildman–Crippen LogP) is 3.94. The first kappa shape index (κ1) is 16.2. The summed E-state index contributed by atoms with van der Waals surface area (Å²) in [4.78, 5) is 18.9. The number of hydrogen-bond donors (Lipinski definition) is 0. The van der Waals surface area contributed by atoms with Crippen LogP contribution in [0.15, 0.2) is 21.3 Å². The van der Waals surface area contributed by atoms with Crippen LogP contribution >= 0.6 is 11.3 Å². The molecule has 0 N–H and O–H groups in total. The fourth-order valence-corrected chi connectivity index (χ4v) is 3.72. The SMILES string of the molecule is CC(C)c1noc(CCCC(=O)N2CCC[C@H]2c2ccsc2)n1. The van der Waals surface area contributed by atoms with Gasteiger partial charge in [0.15, 0.2) is 5.82 Å². The molecule has 0 unspecified atom stereocenters. The predicted molar refractivity (Wildman–Crippen MR) is 89.3 cm³/mol. The van der Waals surface area contributed by atoms with Gasteiger partial charge >= 0.3 is 0 Å². The zero-order valence-electron chi connectivity index (χ0n) is 13.7. The molecule has 1 atom stereocenters.